The lowest BCUT2D eigenvalue weighted by Crippen LogP contribution is -2.11. The number of carbonyl (C=O) groups excluding carboxylic acids is 1. The summed E-state index contributed by atoms with van der Waals surface area (Å²) in [6, 6.07) is 7.75. The molecule has 0 aromatic heterocycles. The van der Waals surface area contributed by atoms with E-state index >= 15 is 0 Å². The van der Waals surface area contributed by atoms with Gasteiger partial charge in [-0.3, -0.25) is 4.79 Å². The summed E-state index contributed by atoms with van der Waals surface area (Å²) in [7, 11) is 0. The maximum Gasteiger partial charge on any atom is 0.224 e. The highest BCUT2D eigenvalue weighted by Gasteiger charge is 2.04. The van der Waals surface area contributed by atoms with Gasteiger partial charge in [-0.25, -0.2) is 0 Å². The molecule has 36 heavy (non-hydrogen) atoms. The van der Waals surface area contributed by atoms with E-state index < -0.39 is 0 Å². The second-order valence-corrected chi connectivity index (χ2v) is 11.2. The number of benzene rings is 1. The van der Waals surface area contributed by atoms with Crippen LogP contribution in [0.1, 0.15) is 156 Å². The van der Waals surface area contributed by atoms with Crippen molar-refractivity contribution in [3.63, 3.8) is 0 Å². The number of unbranched alkanes of at least 4 members (excludes halogenated alkanes) is 18. The molecule has 0 saturated carbocycles. The van der Waals surface area contributed by atoms with Gasteiger partial charge in [0.05, 0.1) is 6.61 Å². The molecule has 1 amide bonds. The van der Waals surface area contributed by atoms with Crippen LogP contribution >= 0.6 is 0 Å². The molecule has 3 nitrogen and oxygen atoms in total. The Morgan fingerprint density at radius 3 is 1.67 bits per heavy atom. The highest BCUT2D eigenvalue weighted by atomic mass is 16.5. The zero-order valence-electron chi connectivity index (χ0n) is 24.3. The van der Waals surface area contributed by atoms with Gasteiger partial charge in [0.2, 0.25) is 5.91 Å². The van der Waals surface area contributed by atoms with Crippen molar-refractivity contribution in [2.24, 2.45) is 5.92 Å². The zero-order valence-corrected chi connectivity index (χ0v) is 24.3. The summed E-state index contributed by atoms with van der Waals surface area (Å²) in [4.78, 5) is 12.3. The summed E-state index contributed by atoms with van der Waals surface area (Å²) >= 11 is 0. The summed E-state index contributed by atoms with van der Waals surface area (Å²) in [5, 5.41) is 3.02. The standard InChI is InChI=1S/C33H59NO2/c1-4-5-6-7-8-9-10-11-12-13-14-15-16-17-18-19-20-21-22-26-33(35)34-31-24-23-25-32(29-31)36-28-27-30(2)3/h23-25,29-30H,4-22,26-28H2,1-3H3,(H,34,35). The fourth-order valence-corrected chi connectivity index (χ4v) is 4.66. The van der Waals surface area contributed by atoms with E-state index in [1.54, 1.807) is 0 Å². The lowest BCUT2D eigenvalue weighted by molar-refractivity contribution is -0.116. The molecule has 208 valence electrons. The van der Waals surface area contributed by atoms with Crippen molar-refractivity contribution in [3.8, 4) is 5.75 Å². The summed E-state index contributed by atoms with van der Waals surface area (Å²) in [6.45, 7) is 7.40. The molecule has 1 aromatic rings. The first-order valence-corrected chi connectivity index (χ1v) is 15.6. The summed E-state index contributed by atoms with van der Waals surface area (Å²) in [5.41, 5.74) is 0.833. The van der Waals surface area contributed by atoms with Crippen molar-refractivity contribution in [3.05, 3.63) is 24.3 Å². The highest BCUT2D eigenvalue weighted by molar-refractivity contribution is 5.90. The summed E-state index contributed by atoms with van der Waals surface area (Å²) in [5.74, 6) is 1.57. The number of anilines is 1. The average Bonchev–Trinajstić information content (AvgIpc) is 2.85. The molecule has 0 saturated heterocycles. The molecule has 0 aliphatic carbocycles. The molecule has 0 aliphatic heterocycles. The third-order valence-corrected chi connectivity index (χ3v) is 7.09. The zero-order chi connectivity index (χ0) is 26.1. The Morgan fingerprint density at radius 2 is 1.19 bits per heavy atom. The first-order valence-electron chi connectivity index (χ1n) is 15.6. The van der Waals surface area contributed by atoms with Crippen LogP contribution in [-0.2, 0) is 4.79 Å². The van der Waals surface area contributed by atoms with Crippen molar-refractivity contribution in [1.29, 1.82) is 0 Å². The number of carbonyl (C=O) groups is 1. The molecule has 0 fully saturated rings. The van der Waals surface area contributed by atoms with E-state index in [9.17, 15) is 4.79 Å². The fourth-order valence-electron chi connectivity index (χ4n) is 4.66. The van der Waals surface area contributed by atoms with E-state index in [4.69, 9.17) is 4.74 Å². The van der Waals surface area contributed by atoms with Crippen LogP contribution in [0.3, 0.4) is 0 Å². The first kappa shape index (κ1) is 32.5. The van der Waals surface area contributed by atoms with Gasteiger partial charge in [-0.1, -0.05) is 142 Å². The normalized spacial score (nSPS) is 11.2. The Bertz CT molecular complexity index is 628. The van der Waals surface area contributed by atoms with Crippen molar-refractivity contribution in [1.82, 2.24) is 0 Å². The topological polar surface area (TPSA) is 38.3 Å². The third kappa shape index (κ3) is 20.7. The predicted molar refractivity (Wildman–Crippen MR) is 158 cm³/mol. The third-order valence-electron chi connectivity index (χ3n) is 7.09. The van der Waals surface area contributed by atoms with Crippen LogP contribution in [0.25, 0.3) is 0 Å². The molecule has 0 unspecified atom stereocenters. The molecule has 1 N–H and O–H groups in total. The lowest BCUT2D eigenvalue weighted by atomic mass is 10.0. The molecule has 3 heteroatoms. The van der Waals surface area contributed by atoms with Crippen molar-refractivity contribution < 1.29 is 9.53 Å². The Balaban J connectivity index is 1.86. The van der Waals surface area contributed by atoms with Gasteiger partial charge in [0.1, 0.15) is 5.75 Å². The SMILES string of the molecule is CCCCCCCCCCCCCCCCCCCCCC(=O)Nc1cccc(OCCC(C)C)c1. The van der Waals surface area contributed by atoms with Crippen LogP contribution in [0.2, 0.25) is 0 Å². The summed E-state index contributed by atoms with van der Waals surface area (Å²) < 4.78 is 5.79. The number of hydrogen-bond acceptors (Lipinski definition) is 2. The van der Waals surface area contributed by atoms with Crippen molar-refractivity contribution in [2.75, 3.05) is 11.9 Å². The van der Waals surface area contributed by atoms with Crippen LogP contribution in [-0.4, -0.2) is 12.5 Å². The van der Waals surface area contributed by atoms with Gasteiger partial charge < -0.3 is 10.1 Å². The lowest BCUT2D eigenvalue weighted by Gasteiger charge is -2.10. The minimum absolute atomic E-state index is 0.112. The van der Waals surface area contributed by atoms with Gasteiger partial charge in [0.15, 0.2) is 0 Å². The molecule has 0 aliphatic rings. The maximum absolute atomic E-state index is 12.3. The number of rotatable bonds is 25. The molecule has 0 bridgehead atoms. The van der Waals surface area contributed by atoms with Crippen molar-refractivity contribution >= 4 is 11.6 Å². The molecule has 0 atom stereocenters. The van der Waals surface area contributed by atoms with Gasteiger partial charge in [0.25, 0.3) is 0 Å². The Morgan fingerprint density at radius 1 is 0.722 bits per heavy atom. The summed E-state index contributed by atoms with van der Waals surface area (Å²) in [6.07, 6.45) is 27.7. The van der Waals surface area contributed by atoms with Crippen LogP contribution < -0.4 is 10.1 Å². The van der Waals surface area contributed by atoms with Crippen LogP contribution in [0, 0.1) is 5.92 Å². The average molecular weight is 502 g/mol. The van der Waals surface area contributed by atoms with Gasteiger partial charge in [0, 0.05) is 18.2 Å². The molecular weight excluding hydrogens is 442 g/mol. The van der Waals surface area contributed by atoms with E-state index in [0.717, 1.165) is 30.7 Å². The Kier molecular flexibility index (Phi) is 21.6. The molecule has 1 rings (SSSR count). The Hall–Kier alpha value is -1.51. The molecule has 0 spiro atoms. The predicted octanol–water partition coefficient (Wildman–Crippen LogP) is 10.9. The van der Waals surface area contributed by atoms with E-state index in [-0.39, 0.29) is 5.91 Å². The van der Waals surface area contributed by atoms with E-state index in [2.05, 4.69) is 26.1 Å². The molecule has 1 aromatic carbocycles. The van der Waals surface area contributed by atoms with E-state index in [1.807, 2.05) is 24.3 Å². The van der Waals surface area contributed by atoms with Gasteiger partial charge in [-0.15, -0.1) is 0 Å². The van der Waals surface area contributed by atoms with E-state index in [1.165, 1.54) is 109 Å². The largest absolute Gasteiger partial charge is 0.494 e. The van der Waals surface area contributed by atoms with Crippen LogP contribution in [0.4, 0.5) is 5.69 Å². The fraction of sp³-hybridized carbons (Fsp3) is 0.788. The number of hydrogen-bond donors (Lipinski definition) is 1. The van der Waals surface area contributed by atoms with Gasteiger partial charge in [-0.05, 0) is 30.9 Å². The molecule has 0 radical (unpaired) electrons. The van der Waals surface area contributed by atoms with Gasteiger partial charge >= 0.3 is 0 Å². The minimum atomic E-state index is 0.112. The quantitative estimate of drug-likeness (QED) is 0.135. The van der Waals surface area contributed by atoms with Crippen LogP contribution in [0.15, 0.2) is 24.3 Å². The number of amides is 1. The Labute approximate surface area is 224 Å². The maximum atomic E-state index is 12.3. The van der Waals surface area contributed by atoms with Crippen LogP contribution in [0.5, 0.6) is 5.75 Å². The van der Waals surface area contributed by atoms with E-state index in [0.29, 0.717) is 18.9 Å². The minimum Gasteiger partial charge on any atom is -0.494 e. The smallest absolute Gasteiger partial charge is 0.224 e. The highest BCUT2D eigenvalue weighted by Crippen LogP contribution is 2.19. The van der Waals surface area contributed by atoms with Crippen molar-refractivity contribution in [2.45, 2.75) is 156 Å². The second-order valence-electron chi connectivity index (χ2n) is 11.2. The molecule has 0 heterocycles. The number of nitrogens with one attached hydrogen (secondary N) is 1. The second kappa shape index (κ2) is 23.9. The molecular formula is C33H59NO2. The number of ether oxygens (including phenoxy) is 1. The van der Waals surface area contributed by atoms with Gasteiger partial charge in [-0.2, -0.15) is 0 Å². The first-order chi connectivity index (χ1) is 17.6. The monoisotopic (exact) mass is 501 g/mol.